The van der Waals surface area contributed by atoms with E-state index < -0.39 is 18.2 Å². The fourth-order valence-corrected chi connectivity index (χ4v) is 2.17. The highest BCUT2D eigenvalue weighted by atomic mass is 16.8. The predicted octanol–water partition coefficient (Wildman–Crippen LogP) is 0.259. The quantitative estimate of drug-likeness (QED) is 0.720. The van der Waals surface area contributed by atoms with Crippen molar-refractivity contribution < 1.29 is 24.1 Å². The lowest BCUT2D eigenvalue weighted by atomic mass is 10.1. The molecule has 0 aromatic carbocycles. The fourth-order valence-electron chi connectivity index (χ4n) is 2.17. The lowest BCUT2D eigenvalue weighted by molar-refractivity contribution is -0.235. The van der Waals surface area contributed by atoms with E-state index in [4.69, 9.17) is 18.9 Å². The fraction of sp³-hybridized carbons (Fsp3) is 1.00. The maximum absolute atomic E-state index is 9.57. The highest BCUT2D eigenvalue weighted by molar-refractivity contribution is 4.96. The van der Waals surface area contributed by atoms with Gasteiger partial charge in [0.05, 0.1) is 6.10 Å². The Kier molecular flexibility index (Phi) is 2.77. The number of aliphatic hydroxyl groups excluding tert-OH is 1. The average Bonchev–Trinajstić information content (AvgIpc) is 2.57. The largest absolute Gasteiger partial charge is 0.391 e. The summed E-state index contributed by atoms with van der Waals surface area (Å²) in [7, 11) is 1.56. The van der Waals surface area contributed by atoms with Gasteiger partial charge in [0, 0.05) is 7.11 Å². The van der Waals surface area contributed by atoms with Crippen LogP contribution in [0.2, 0.25) is 0 Å². The summed E-state index contributed by atoms with van der Waals surface area (Å²) in [5, 5.41) is 9.57. The summed E-state index contributed by atoms with van der Waals surface area (Å²) >= 11 is 0. The zero-order valence-corrected chi connectivity index (χ0v) is 9.47. The van der Waals surface area contributed by atoms with Crippen molar-refractivity contribution in [2.75, 3.05) is 7.11 Å². The monoisotopic (exact) mass is 218 g/mol. The van der Waals surface area contributed by atoms with Crippen LogP contribution in [0.3, 0.4) is 0 Å². The molecular formula is C10H18O5. The van der Waals surface area contributed by atoms with Gasteiger partial charge >= 0.3 is 0 Å². The van der Waals surface area contributed by atoms with Gasteiger partial charge in [-0.2, -0.15) is 0 Å². The second-order valence-corrected chi connectivity index (χ2v) is 4.51. The second-order valence-electron chi connectivity index (χ2n) is 4.51. The van der Waals surface area contributed by atoms with E-state index in [9.17, 15) is 5.11 Å². The molecule has 2 saturated heterocycles. The molecule has 2 rings (SSSR count). The van der Waals surface area contributed by atoms with Crippen molar-refractivity contribution in [1.29, 1.82) is 0 Å². The van der Waals surface area contributed by atoms with Gasteiger partial charge in [0.2, 0.25) is 0 Å². The first kappa shape index (κ1) is 11.3. The van der Waals surface area contributed by atoms with E-state index in [1.165, 1.54) is 0 Å². The van der Waals surface area contributed by atoms with Crippen molar-refractivity contribution in [2.24, 2.45) is 0 Å². The Morgan fingerprint density at radius 3 is 2.40 bits per heavy atom. The van der Waals surface area contributed by atoms with Gasteiger partial charge in [-0.1, -0.05) is 0 Å². The number of fused-ring (bicyclic) bond motifs is 1. The van der Waals surface area contributed by atoms with Gasteiger partial charge in [-0.15, -0.1) is 0 Å². The van der Waals surface area contributed by atoms with Gasteiger partial charge in [0.15, 0.2) is 12.1 Å². The van der Waals surface area contributed by atoms with Gasteiger partial charge in [-0.25, -0.2) is 0 Å². The van der Waals surface area contributed by atoms with E-state index in [0.29, 0.717) is 0 Å². The predicted molar refractivity (Wildman–Crippen MR) is 51.2 cm³/mol. The molecule has 0 aliphatic carbocycles. The van der Waals surface area contributed by atoms with E-state index >= 15 is 0 Å². The van der Waals surface area contributed by atoms with Crippen LogP contribution in [0.1, 0.15) is 20.8 Å². The third-order valence-corrected chi connectivity index (χ3v) is 2.75. The first-order valence-electron chi connectivity index (χ1n) is 5.16. The molecule has 2 aliphatic heterocycles. The SMILES string of the molecule is CO[C@@H]1O[C@@H]([C@@H](C)O)[C@H]2OC(C)(C)O[C@H]12. The summed E-state index contributed by atoms with van der Waals surface area (Å²) in [6.07, 6.45) is -1.97. The molecule has 0 unspecified atom stereocenters. The number of hydrogen-bond donors (Lipinski definition) is 1. The zero-order valence-electron chi connectivity index (χ0n) is 9.47. The molecule has 0 bridgehead atoms. The molecule has 5 atom stereocenters. The highest BCUT2D eigenvalue weighted by Gasteiger charge is 2.56. The highest BCUT2D eigenvalue weighted by Crippen LogP contribution is 2.39. The Balaban J connectivity index is 2.15. The molecule has 1 N–H and O–H groups in total. The van der Waals surface area contributed by atoms with Crippen molar-refractivity contribution in [3.63, 3.8) is 0 Å². The number of rotatable bonds is 2. The molecule has 88 valence electrons. The van der Waals surface area contributed by atoms with Crippen molar-refractivity contribution >= 4 is 0 Å². The Hall–Kier alpha value is -0.200. The lowest BCUT2D eigenvalue weighted by Crippen LogP contribution is -2.36. The minimum absolute atomic E-state index is 0.259. The normalized spacial score (nSPS) is 45.4. The number of ether oxygens (including phenoxy) is 4. The lowest BCUT2D eigenvalue weighted by Gasteiger charge is -2.24. The van der Waals surface area contributed by atoms with Gasteiger partial charge in [-0.3, -0.25) is 0 Å². The molecule has 2 aliphatic rings. The minimum Gasteiger partial charge on any atom is -0.391 e. The molecule has 0 radical (unpaired) electrons. The second kappa shape index (κ2) is 3.68. The smallest absolute Gasteiger partial charge is 0.186 e. The van der Waals surface area contributed by atoms with Crippen molar-refractivity contribution in [3.05, 3.63) is 0 Å². The summed E-state index contributed by atoms with van der Waals surface area (Å²) in [4.78, 5) is 0. The van der Waals surface area contributed by atoms with E-state index in [0.717, 1.165) is 0 Å². The first-order valence-corrected chi connectivity index (χ1v) is 5.16. The number of hydrogen-bond acceptors (Lipinski definition) is 5. The van der Waals surface area contributed by atoms with E-state index in [1.807, 2.05) is 13.8 Å². The third kappa shape index (κ3) is 1.90. The zero-order chi connectivity index (χ0) is 11.2. The Labute approximate surface area is 89.3 Å². The molecule has 5 nitrogen and oxygen atoms in total. The summed E-state index contributed by atoms with van der Waals surface area (Å²) < 4.78 is 22.0. The standard InChI is InChI=1S/C10H18O5/c1-5(11)6-7-8(9(12-4)13-6)15-10(2,3)14-7/h5-9,11H,1-4H3/t5-,6+,7-,8+,9-/m1/s1. The summed E-state index contributed by atoms with van der Waals surface area (Å²) in [5.41, 5.74) is 0. The maximum Gasteiger partial charge on any atom is 0.186 e. The molecule has 0 spiro atoms. The van der Waals surface area contributed by atoms with Crippen LogP contribution in [0.4, 0.5) is 0 Å². The van der Waals surface area contributed by atoms with E-state index in [2.05, 4.69) is 0 Å². The first-order chi connectivity index (χ1) is 6.94. The van der Waals surface area contributed by atoms with Crippen LogP contribution < -0.4 is 0 Å². The molecule has 5 heteroatoms. The van der Waals surface area contributed by atoms with Crippen LogP contribution in [0, 0.1) is 0 Å². The Morgan fingerprint density at radius 1 is 1.27 bits per heavy atom. The number of aliphatic hydroxyl groups is 1. The summed E-state index contributed by atoms with van der Waals surface area (Å²) in [6, 6.07) is 0. The number of methoxy groups -OCH3 is 1. The molecule has 0 aromatic rings. The van der Waals surface area contributed by atoms with Crippen LogP contribution in [-0.2, 0) is 18.9 Å². The summed E-state index contributed by atoms with van der Waals surface area (Å²) in [5.74, 6) is -0.636. The van der Waals surface area contributed by atoms with Crippen LogP contribution in [0.25, 0.3) is 0 Å². The van der Waals surface area contributed by atoms with E-state index in [1.54, 1.807) is 14.0 Å². The van der Waals surface area contributed by atoms with Crippen molar-refractivity contribution in [3.8, 4) is 0 Å². The van der Waals surface area contributed by atoms with Crippen molar-refractivity contribution in [2.45, 2.75) is 57.3 Å². The van der Waals surface area contributed by atoms with Crippen molar-refractivity contribution in [1.82, 2.24) is 0 Å². The molecule has 0 aromatic heterocycles. The molecule has 2 fully saturated rings. The van der Waals surface area contributed by atoms with Gasteiger partial charge in [-0.05, 0) is 20.8 Å². The van der Waals surface area contributed by atoms with Crippen LogP contribution in [0.15, 0.2) is 0 Å². The molecule has 2 heterocycles. The van der Waals surface area contributed by atoms with Crippen LogP contribution in [0.5, 0.6) is 0 Å². The third-order valence-electron chi connectivity index (χ3n) is 2.75. The van der Waals surface area contributed by atoms with Crippen LogP contribution in [-0.4, -0.2) is 48.7 Å². The average molecular weight is 218 g/mol. The topological polar surface area (TPSA) is 57.2 Å². The van der Waals surface area contributed by atoms with Gasteiger partial charge in [0.25, 0.3) is 0 Å². The molecule has 0 saturated carbocycles. The molecule has 0 amide bonds. The van der Waals surface area contributed by atoms with Gasteiger partial charge < -0.3 is 24.1 Å². The Bertz CT molecular complexity index is 240. The summed E-state index contributed by atoms with van der Waals surface area (Å²) in [6.45, 7) is 5.36. The molecular weight excluding hydrogens is 200 g/mol. The van der Waals surface area contributed by atoms with Crippen LogP contribution >= 0.6 is 0 Å². The minimum atomic E-state index is -0.636. The Morgan fingerprint density at radius 2 is 1.87 bits per heavy atom. The molecule has 15 heavy (non-hydrogen) atoms. The van der Waals surface area contributed by atoms with Gasteiger partial charge in [0.1, 0.15) is 18.3 Å². The van der Waals surface area contributed by atoms with E-state index in [-0.39, 0.29) is 18.3 Å². The maximum atomic E-state index is 9.57.